The minimum absolute atomic E-state index is 0.0737. The Morgan fingerprint density at radius 1 is 0.964 bits per heavy atom. The van der Waals surface area contributed by atoms with Crippen LogP contribution < -0.4 is 5.32 Å². The van der Waals surface area contributed by atoms with Gasteiger partial charge >= 0.3 is 0 Å². The van der Waals surface area contributed by atoms with E-state index in [2.05, 4.69) is 45.4 Å². The fourth-order valence-electron chi connectivity index (χ4n) is 4.21. The Morgan fingerprint density at radius 3 is 2.25 bits per heavy atom. The molecule has 1 N–H and O–H groups in total. The number of amides is 2. The molecule has 0 saturated carbocycles. The summed E-state index contributed by atoms with van der Waals surface area (Å²) in [5.41, 5.74) is 1.39. The zero-order chi connectivity index (χ0) is 19.8. The normalized spacial score (nSPS) is 19.5. The zero-order valence-corrected chi connectivity index (χ0v) is 17.1. The van der Waals surface area contributed by atoms with Crippen molar-refractivity contribution in [2.45, 2.75) is 32.7 Å². The smallest absolute Gasteiger partial charge is 0.224 e. The number of carbonyl (C=O) groups excluding carboxylic acids is 2. The third-order valence-corrected chi connectivity index (χ3v) is 5.91. The van der Waals surface area contributed by atoms with E-state index in [1.165, 1.54) is 12.5 Å². The number of rotatable bonds is 7. The molecule has 0 aliphatic carbocycles. The highest BCUT2D eigenvalue weighted by molar-refractivity contribution is 5.78. The lowest BCUT2D eigenvalue weighted by Crippen LogP contribution is -2.48. The average Bonchev–Trinajstić information content (AvgIpc) is 2.70. The van der Waals surface area contributed by atoms with Gasteiger partial charge in [-0.05, 0) is 24.3 Å². The maximum absolute atomic E-state index is 12.2. The van der Waals surface area contributed by atoms with Gasteiger partial charge < -0.3 is 15.1 Å². The van der Waals surface area contributed by atoms with Crippen molar-refractivity contribution < 1.29 is 9.59 Å². The molecule has 2 amide bonds. The summed E-state index contributed by atoms with van der Waals surface area (Å²) in [5.74, 6) is 0.789. The van der Waals surface area contributed by atoms with Crippen LogP contribution >= 0.6 is 0 Å². The van der Waals surface area contributed by atoms with Crippen molar-refractivity contribution in [2.75, 3.05) is 52.4 Å². The topological polar surface area (TPSA) is 55.9 Å². The Hall–Kier alpha value is -1.92. The lowest BCUT2D eigenvalue weighted by atomic mass is 9.95. The molecule has 154 valence electrons. The number of piperidine rings is 1. The van der Waals surface area contributed by atoms with Crippen LogP contribution in [0.15, 0.2) is 30.3 Å². The minimum Gasteiger partial charge on any atom is -0.356 e. The lowest BCUT2D eigenvalue weighted by molar-refractivity contribution is -0.132. The second-order valence-electron chi connectivity index (χ2n) is 8.12. The maximum atomic E-state index is 12.2. The highest BCUT2D eigenvalue weighted by atomic mass is 16.2. The third kappa shape index (κ3) is 6.60. The predicted molar refractivity (Wildman–Crippen MR) is 111 cm³/mol. The summed E-state index contributed by atoms with van der Waals surface area (Å²) in [4.78, 5) is 30.2. The summed E-state index contributed by atoms with van der Waals surface area (Å²) in [6.45, 7) is 10.4. The largest absolute Gasteiger partial charge is 0.356 e. The quantitative estimate of drug-likeness (QED) is 0.773. The fraction of sp³-hybridized carbons (Fsp3) is 0.636. The molecule has 1 aromatic rings. The number of hydrogen-bond acceptors (Lipinski definition) is 4. The molecule has 0 spiro atoms. The van der Waals surface area contributed by atoms with Gasteiger partial charge in [0.05, 0.1) is 0 Å². The highest BCUT2D eigenvalue weighted by Crippen LogP contribution is 2.20. The van der Waals surface area contributed by atoms with Crippen LogP contribution in [0.4, 0.5) is 0 Å². The first-order valence-corrected chi connectivity index (χ1v) is 10.6. The van der Waals surface area contributed by atoms with Crippen LogP contribution in [-0.4, -0.2) is 78.9 Å². The van der Waals surface area contributed by atoms with E-state index in [0.717, 1.165) is 65.2 Å². The van der Waals surface area contributed by atoms with Crippen molar-refractivity contribution in [3.8, 4) is 0 Å². The fourth-order valence-corrected chi connectivity index (χ4v) is 4.21. The van der Waals surface area contributed by atoms with Crippen molar-refractivity contribution in [3.63, 3.8) is 0 Å². The van der Waals surface area contributed by atoms with E-state index >= 15 is 0 Å². The molecule has 0 radical (unpaired) electrons. The molecule has 2 aliphatic rings. The first kappa shape index (κ1) is 20.8. The van der Waals surface area contributed by atoms with Gasteiger partial charge in [-0.2, -0.15) is 0 Å². The molecule has 0 unspecified atom stereocenters. The Bertz CT molecular complexity index is 621. The number of benzene rings is 1. The van der Waals surface area contributed by atoms with Gasteiger partial charge in [0.25, 0.3) is 0 Å². The van der Waals surface area contributed by atoms with Crippen LogP contribution in [0.25, 0.3) is 0 Å². The molecule has 1 aromatic carbocycles. The van der Waals surface area contributed by atoms with Crippen molar-refractivity contribution in [1.29, 1.82) is 0 Å². The monoisotopic (exact) mass is 386 g/mol. The van der Waals surface area contributed by atoms with E-state index in [4.69, 9.17) is 0 Å². The molecule has 6 heteroatoms. The van der Waals surface area contributed by atoms with E-state index < -0.39 is 0 Å². The second kappa shape index (κ2) is 10.6. The molecule has 2 heterocycles. The van der Waals surface area contributed by atoms with Gasteiger partial charge in [0, 0.05) is 72.2 Å². The molecule has 0 bridgehead atoms. The Labute approximate surface area is 168 Å². The molecule has 2 saturated heterocycles. The number of nitrogens with zero attached hydrogens (tertiary/aromatic N) is 3. The molecular formula is C22H34N4O2. The predicted octanol–water partition coefficient (Wildman–Crippen LogP) is 1.57. The van der Waals surface area contributed by atoms with Gasteiger partial charge in [0.15, 0.2) is 0 Å². The Balaban J connectivity index is 1.31. The minimum atomic E-state index is -0.0737. The average molecular weight is 387 g/mol. The first-order valence-electron chi connectivity index (χ1n) is 10.6. The summed E-state index contributed by atoms with van der Waals surface area (Å²) in [7, 11) is 0. The van der Waals surface area contributed by atoms with Crippen LogP contribution in [0.2, 0.25) is 0 Å². The van der Waals surface area contributed by atoms with Crippen molar-refractivity contribution in [3.05, 3.63) is 35.9 Å². The number of likely N-dealkylation sites (tertiary alicyclic amines) is 1. The van der Waals surface area contributed by atoms with Crippen LogP contribution in [0, 0.1) is 5.92 Å². The number of hydrogen-bond donors (Lipinski definition) is 1. The van der Waals surface area contributed by atoms with E-state index in [1.807, 2.05) is 4.90 Å². The van der Waals surface area contributed by atoms with Crippen molar-refractivity contribution in [1.82, 2.24) is 20.0 Å². The molecule has 2 aliphatic heterocycles. The SMILES string of the molecule is CC(=O)NCCC(=O)N1CCC(CN2CCN(Cc3ccccc3)CC2)CC1. The zero-order valence-electron chi connectivity index (χ0n) is 17.1. The van der Waals surface area contributed by atoms with E-state index in [9.17, 15) is 9.59 Å². The first-order chi connectivity index (χ1) is 13.6. The molecule has 0 aromatic heterocycles. The van der Waals surface area contributed by atoms with Crippen molar-refractivity contribution in [2.24, 2.45) is 5.92 Å². The lowest BCUT2D eigenvalue weighted by Gasteiger charge is -2.39. The molecule has 2 fully saturated rings. The van der Waals surface area contributed by atoms with Crippen LogP contribution in [0.1, 0.15) is 31.7 Å². The van der Waals surface area contributed by atoms with Gasteiger partial charge in [0.1, 0.15) is 0 Å². The van der Waals surface area contributed by atoms with Crippen LogP contribution in [-0.2, 0) is 16.1 Å². The standard InChI is InChI=1S/C22H34N4O2/c1-19(27)23-10-7-22(28)26-11-8-21(9-12-26)18-25-15-13-24(14-16-25)17-20-5-3-2-4-6-20/h2-6,21H,7-18H2,1H3,(H,23,27). The summed E-state index contributed by atoms with van der Waals surface area (Å²) >= 11 is 0. The van der Waals surface area contributed by atoms with Gasteiger partial charge in [0.2, 0.25) is 11.8 Å². The van der Waals surface area contributed by atoms with E-state index in [0.29, 0.717) is 18.9 Å². The van der Waals surface area contributed by atoms with Gasteiger partial charge in [-0.25, -0.2) is 0 Å². The number of piperazine rings is 1. The Kier molecular flexibility index (Phi) is 7.86. The van der Waals surface area contributed by atoms with Crippen molar-refractivity contribution >= 4 is 11.8 Å². The van der Waals surface area contributed by atoms with Gasteiger partial charge in [-0.3, -0.25) is 14.5 Å². The summed E-state index contributed by atoms with van der Waals surface area (Å²) in [6.07, 6.45) is 2.60. The molecule has 6 nitrogen and oxygen atoms in total. The molecule has 0 atom stereocenters. The van der Waals surface area contributed by atoms with Crippen LogP contribution in [0.5, 0.6) is 0 Å². The molecule has 3 rings (SSSR count). The van der Waals surface area contributed by atoms with Gasteiger partial charge in [-0.1, -0.05) is 30.3 Å². The third-order valence-electron chi connectivity index (χ3n) is 5.91. The molecule has 28 heavy (non-hydrogen) atoms. The maximum Gasteiger partial charge on any atom is 0.224 e. The number of nitrogens with one attached hydrogen (secondary N) is 1. The number of carbonyl (C=O) groups is 2. The Morgan fingerprint density at radius 2 is 1.61 bits per heavy atom. The summed E-state index contributed by atoms with van der Waals surface area (Å²) in [5, 5.41) is 2.70. The highest BCUT2D eigenvalue weighted by Gasteiger charge is 2.25. The molecular weight excluding hydrogens is 352 g/mol. The van der Waals surface area contributed by atoms with E-state index in [1.54, 1.807) is 0 Å². The summed E-state index contributed by atoms with van der Waals surface area (Å²) < 4.78 is 0. The van der Waals surface area contributed by atoms with Crippen LogP contribution in [0.3, 0.4) is 0 Å². The van der Waals surface area contributed by atoms with E-state index in [-0.39, 0.29) is 11.8 Å². The van der Waals surface area contributed by atoms with Gasteiger partial charge in [-0.15, -0.1) is 0 Å². The second-order valence-corrected chi connectivity index (χ2v) is 8.12. The summed E-state index contributed by atoms with van der Waals surface area (Å²) in [6, 6.07) is 10.7.